The molecule has 0 atom stereocenters. The zero-order valence-corrected chi connectivity index (χ0v) is 19.0. The van der Waals surface area contributed by atoms with Gasteiger partial charge in [0.25, 0.3) is 5.69 Å². The second-order valence-electron chi connectivity index (χ2n) is 7.84. The van der Waals surface area contributed by atoms with E-state index >= 15 is 0 Å². The largest absolute Gasteiger partial charge is 0.450 e. The van der Waals surface area contributed by atoms with Crippen molar-refractivity contribution in [3.05, 3.63) is 96.2 Å². The number of fused-ring (bicyclic) bond motifs is 1. The Bertz CT molecular complexity index is 1610. The van der Waals surface area contributed by atoms with E-state index in [1.54, 1.807) is 38.1 Å². The number of nitrogen functional groups attached to an aromatic ring is 1. The van der Waals surface area contributed by atoms with Crippen molar-refractivity contribution in [2.45, 2.75) is 13.8 Å². The number of nitro benzene ring substituents is 2. The summed E-state index contributed by atoms with van der Waals surface area (Å²) in [6.45, 7) is 3.55. The predicted molar refractivity (Wildman–Crippen MR) is 130 cm³/mol. The first kappa shape index (κ1) is 23.6. The van der Waals surface area contributed by atoms with Gasteiger partial charge in [-0.05, 0) is 60.4 Å². The van der Waals surface area contributed by atoms with Crippen molar-refractivity contribution in [1.29, 1.82) is 10.5 Å². The van der Waals surface area contributed by atoms with Gasteiger partial charge >= 0.3 is 5.69 Å². The summed E-state index contributed by atoms with van der Waals surface area (Å²) in [4.78, 5) is 25.1. The van der Waals surface area contributed by atoms with Crippen LogP contribution in [-0.4, -0.2) is 14.8 Å². The van der Waals surface area contributed by atoms with E-state index in [9.17, 15) is 30.8 Å². The third-order valence-corrected chi connectivity index (χ3v) is 5.75. The number of nitrogens with two attached hydrogens (primary N) is 1. The molecule has 1 aromatic heterocycles. The molecule has 11 heteroatoms. The average molecular weight is 480 g/mol. The lowest BCUT2D eigenvalue weighted by Crippen LogP contribution is -2.03. The average Bonchev–Trinajstić information content (AvgIpc) is 3.10. The van der Waals surface area contributed by atoms with Gasteiger partial charge in [-0.25, -0.2) is 4.98 Å². The van der Waals surface area contributed by atoms with Gasteiger partial charge in [-0.1, -0.05) is 12.1 Å². The molecular weight excluding hydrogens is 464 g/mol. The quantitative estimate of drug-likeness (QED) is 0.374. The van der Waals surface area contributed by atoms with Crippen LogP contribution >= 0.6 is 0 Å². The first-order valence-corrected chi connectivity index (χ1v) is 10.4. The van der Waals surface area contributed by atoms with Gasteiger partial charge in [0.15, 0.2) is 0 Å². The van der Waals surface area contributed by atoms with E-state index in [0.717, 1.165) is 23.3 Å². The molecule has 3 aromatic rings. The zero-order chi connectivity index (χ0) is 26.1. The van der Waals surface area contributed by atoms with Crippen molar-refractivity contribution < 1.29 is 14.6 Å². The SMILES string of the molecule is CC1=C(C#N)c2nc(N)c(C#N)c(C)c2/C1=C\c1ccc(Oc2ccc([N+](=O)[O-])cc2[N+](=O)[O-])cc1. The molecule has 1 aliphatic carbocycles. The number of hydrogen-bond donors (Lipinski definition) is 1. The zero-order valence-electron chi connectivity index (χ0n) is 19.0. The molecule has 176 valence electrons. The van der Waals surface area contributed by atoms with E-state index in [0.29, 0.717) is 28.0 Å². The minimum Gasteiger partial charge on any atom is -0.450 e. The van der Waals surface area contributed by atoms with Crippen LogP contribution in [0.25, 0.3) is 17.2 Å². The van der Waals surface area contributed by atoms with Crippen molar-refractivity contribution in [2.75, 3.05) is 5.73 Å². The summed E-state index contributed by atoms with van der Waals surface area (Å²) in [5.41, 5.74) is 9.47. The Balaban J connectivity index is 1.71. The molecule has 0 fully saturated rings. The lowest BCUT2D eigenvalue weighted by Gasteiger charge is -2.11. The lowest BCUT2D eigenvalue weighted by atomic mass is 9.95. The molecule has 4 rings (SSSR count). The van der Waals surface area contributed by atoms with E-state index in [-0.39, 0.29) is 22.9 Å². The van der Waals surface area contributed by atoms with Crippen LogP contribution in [0.5, 0.6) is 11.5 Å². The fraction of sp³-hybridized carbons (Fsp3) is 0.0800. The number of pyridine rings is 1. The van der Waals surface area contributed by atoms with Crippen LogP contribution in [0, 0.1) is 49.8 Å². The minimum absolute atomic E-state index is 0.0670. The molecule has 0 aliphatic heterocycles. The summed E-state index contributed by atoms with van der Waals surface area (Å²) in [5.74, 6) is 0.211. The summed E-state index contributed by atoms with van der Waals surface area (Å²) in [5, 5.41) is 41.4. The van der Waals surface area contributed by atoms with Crippen LogP contribution in [0.15, 0.2) is 48.0 Å². The highest BCUT2D eigenvalue weighted by Gasteiger charge is 2.29. The van der Waals surface area contributed by atoms with E-state index in [4.69, 9.17) is 10.5 Å². The topological polar surface area (TPSA) is 182 Å². The van der Waals surface area contributed by atoms with Crippen molar-refractivity contribution in [2.24, 2.45) is 0 Å². The van der Waals surface area contributed by atoms with E-state index in [2.05, 4.69) is 17.1 Å². The molecule has 0 saturated carbocycles. The van der Waals surface area contributed by atoms with Gasteiger partial charge in [-0.2, -0.15) is 10.5 Å². The number of anilines is 1. The molecule has 2 N–H and O–H groups in total. The number of nitro groups is 2. The standard InChI is InChI=1S/C25H16N6O5/c1-13-18(23-14(2)20(12-27)25(28)29-24(23)19(13)11-26)9-15-3-6-17(7-4-15)36-22-8-5-16(30(32)33)10-21(22)31(34)35/h3-10H,1-2H3,(H2,28,29)/b18-9-. The van der Waals surface area contributed by atoms with Gasteiger partial charge in [0.1, 0.15) is 23.7 Å². The van der Waals surface area contributed by atoms with Crippen LogP contribution < -0.4 is 10.5 Å². The first-order chi connectivity index (χ1) is 17.2. The third-order valence-electron chi connectivity index (χ3n) is 5.75. The minimum atomic E-state index is -0.751. The Labute approximate surface area is 204 Å². The van der Waals surface area contributed by atoms with Crippen molar-refractivity contribution in [1.82, 2.24) is 4.98 Å². The number of rotatable bonds is 5. The Kier molecular flexibility index (Phi) is 5.90. The monoisotopic (exact) mass is 480 g/mol. The highest BCUT2D eigenvalue weighted by molar-refractivity contribution is 6.08. The van der Waals surface area contributed by atoms with Gasteiger partial charge in [0.2, 0.25) is 5.75 Å². The van der Waals surface area contributed by atoms with Gasteiger partial charge < -0.3 is 10.5 Å². The number of allylic oxidation sites excluding steroid dienone is 3. The molecule has 0 spiro atoms. The molecule has 0 radical (unpaired) electrons. The van der Waals surface area contributed by atoms with Crippen molar-refractivity contribution in [3.8, 4) is 23.6 Å². The molecule has 0 bridgehead atoms. The fourth-order valence-corrected chi connectivity index (χ4v) is 3.97. The number of hydrogen-bond acceptors (Lipinski definition) is 9. The highest BCUT2D eigenvalue weighted by atomic mass is 16.6. The summed E-state index contributed by atoms with van der Waals surface area (Å²) < 4.78 is 5.61. The Morgan fingerprint density at radius 3 is 2.31 bits per heavy atom. The predicted octanol–water partition coefficient (Wildman–Crippen LogP) is 5.30. The summed E-state index contributed by atoms with van der Waals surface area (Å²) in [6, 6.07) is 14.0. The molecule has 1 aliphatic rings. The van der Waals surface area contributed by atoms with Gasteiger partial charge in [0.05, 0.1) is 32.7 Å². The van der Waals surface area contributed by atoms with Crippen molar-refractivity contribution in [3.63, 3.8) is 0 Å². The lowest BCUT2D eigenvalue weighted by molar-refractivity contribution is -0.394. The Morgan fingerprint density at radius 2 is 1.72 bits per heavy atom. The highest BCUT2D eigenvalue weighted by Crippen LogP contribution is 2.44. The Morgan fingerprint density at radius 1 is 1.03 bits per heavy atom. The maximum Gasteiger partial charge on any atom is 0.318 e. The van der Waals surface area contributed by atoms with Gasteiger partial charge in [-0.15, -0.1) is 0 Å². The second-order valence-corrected chi connectivity index (χ2v) is 7.84. The number of aromatic nitrogens is 1. The Hall–Kier alpha value is -5.55. The number of non-ortho nitro benzene ring substituents is 1. The van der Waals surface area contributed by atoms with Gasteiger partial charge in [0, 0.05) is 11.6 Å². The maximum absolute atomic E-state index is 11.3. The molecule has 0 saturated heterocycles. The number of benzene rings is 2. The van der Waals surface area contributed by atoms with Crippen LogP contribution in [0.3, 0.4) is 0 Å². The molecule has 1 heterocycles. The summed E-state index contributed by atoms with van der Waals surface area (Å²) in [6.07, 6.45) is 1.84. The van der Waals surface area contributed by atoms with Crippen LogP contribution in [0.4, 0.5) is 17.2 Å². The molecule has 0 amide bonds. The van der Waals surface area contributed by atoms with E-state index < -0.39 is 21.2 Å². The normalized spacial score (nSPS) is 13.2. The summed E-state index contributed by atoms with van der Waals surface area (Å²) >= 11 is 0. The number of ether oxygens (including phenoxy) is 1. The molecule has 2 aromatic carbocycles. The molecule has 36 heavy (non-hydrogen) atoms. The smallest absolute Gasteiger partial charge is 0.318 e. The van der Waals surface area contributed by atoms with Crippen LogP contribution in [-0.2, 0) is 0 Å². The maximum atomic E-state index is 11.3. The van der Waals surface area contributed by atoms with Gasteiger partial charge in [-0.3, -0.25) is 20.2 Å². The summed E-state index contributed by atoms with van der Waals surface area (Å²) in [7, 11) is 0. The molecular formula is C25H16N6O5. The number of nitriles is 2. The van der Waals surface area contributed by atoms with Crippen LogP contribution in [0.2, 0.25) is 0 Å². The molecule has 11 nitrogen and oxygen atoms in total. The number of nitrogens with zero attached hydrogens (tertiary/aromatic N) is 5. The van der Waals surface area contributed by atoms with Crippen LogP contribution in [0.1, 0.15) is 34.9 Å². The van der Waals surface area contributed by atoms with E-state index in [1.165, 1.54) is 6.07 Å². The first-order valence-electron chi connectivity index (χ1n) is 10.4. The fourth-order valence-electron chi connectivity index (χ4n) is 3.97. The third kappa shape index (κ3) is 3.97. The molecule has 0 unspecified atom stereocenters. The second kappa shape index (κ2) is 9.00. The van der Waals surface area contributed by atoms with Crippen molar-refractivity contribution >= 4 is 34.4 Å². The van der Waals surface area contributed by atoms with E-state index in [1.807, 2.05) is 6.08 Å².